The Hall–Kier alpha value is -1.85. The van der Waals surface area contributed by atoms with Gasteiger partial charge in [0.15, 0.2) is 0 Å². The number of aliphatic carboxylic acids is 1. The van der Waals surface area contributed by atoms with Crippen LogP contribution < -0.4 is 0 Å². The van der Waals surface area contributed by atoms with E-state index in [2.05, 4.69) is 5.10 Å². The maximum atomic E-state index is 11.7. The van der Waals surface area contributed by atoms with E-state index in [0.29, 0.717) is 13.0 Å². The van der Waals surface area contributed by atoms with E-state index < -0.39 is 5.97 Å². The maximum Gasteiger partial charge on any atom is 0.303 e. The number of amides is 1. The molecule has 0 aliphatic heterocycles. The van der Waals surface area contributed by atoms with E-state index in [1.807, 2.05) is 13.1 Å². The van der Waals surface area contributed by atoms with Gasteiger partial charge in [-0.1, -0.05) is 0 Å². The Kier molecular flexibility index (Phi) is 5.35. The van der Waals surface area contributed by atoms with Gasteiger partial charge in [-0.2, -0.15) is 5.10 Å². The Balaban J connectivity index is 2.37. The molecule has 0 aliphatic carbocycles. The zero-order chi connectivity index (χ0) is 13.5. The second-order valence-corrected chi connectivity index (χ2v) is 4.20. The molecule has 1 aromatic heterocycles. The summed E-state index contributed by atoms with van der Waals surface area (Å²) in [7, 11) is 1.71. The van der Waals surface area contributed by atoms with Crippen LogP contribution >= 0.6 is 0 Å². The zero-order valence-corrected chi connectivity index (χ0v) is 10.8. The monoisotopic (exact) mass is 253 g/mol. The van der Waals surface area contributed by atoms with Crippen LogP contribution in [0.15, 0.2) is 12.4 Å². The predicted octanol–water partition coefficient (Wildman–Crippen LogP) is 1.12. The fraction of sp³-hybridized carbons (Fsp3) is 0.583. The molecule has 0 fully saturated rings. The highest BCUT2D eigenvalue weighted by atomic mass is 16.4. The number of rotatable bonds is 7. The molecule has 0 saturated heterocycles. The van der Waals surface area contributed by atoms with Crippen LogP contribution in [0, 0.1) is 0 Å². The van der Waals surface area contributed by atoms with Crippen molar-refractivity contribution >= 4 is 11.9 Å². The number of nitrogens with zero attached hydrogens (tertiary/aromatic N) is 3. The van der Waals surface area contributed by atoms with Crippen LogP contribution in [0.25, 0.3) is 0 Å². The largest absolute Gasteiger partial charge is 0.481 e. The van der Waals surface area contributed by atoms with Gasteiger partial charge in [0.1, 0.15) is 0 Å². The molecular formula is C12H19N3O3. The molecule has 100 valence electrons. The van der Waals surface area contributed by atoms with E-state index in [1.54, 1.807) is 22.8 Å². The molecule has 6 nitrogen and oxygen atoms in total. The average molecular weight is 253 g/mol. The molecule has 0 radical (unpaired) electrons. The Morgan fingerprint density at radius 1 is 1.44 bits per heavy atom. The summed E-state index contributed by atoms with van der Waals surface area (Å²) in [5.74, 6) is -0.907. The molecule has 0 bridgehead atoms. The van der Waals surface area contributed by atoms with Gasteiger partial charge in [0.2, 0.25) is 5.91 Å². The minimum Gasteiger partial charge on any atom is -0.481 e. The van der Waals surface area contributed by atoms with E-state index in [9.17, 15) is 9.59 Å². The molecule has 0 unspecified atom stereocenters. The van der Waals surface area contributed by atoms with Crippen molar-refractivity contribution in [3.63, 3.8) is 0 Å². The number of carbonyl (C=O) groups excluding carboxylic acids is 1. The van der Waals surface area contributed by atoms with Crippen LogP contribution in [0.5, 0.6) is 0 Å². The molecule has 18 heavy (non-hydrogen) atoms. The fourth-order valence-electron chi connectivity index (χ4n) is 1.60. The van der Waals surface area contributed by atoms with Crippen molar-refractivity contribution in [2.75, 3.05) is 7.05 Å². The average Bonchev–Trinajstić information content (AvgIpc) is 2.76. The number of aryl methyl sites for hydroxylation is 1. The van der Waals surface area contributed by atoms with Crippen molar-refractivity contribution in [3.05, 3.63) is 18.0 Å². The zero-order valence-electron chi connectivity index (χ0n) is 10.8. The molecule has 0 aromatic carbocycles. The highest BCUT2D eigenvalue weighted by molar-refractivity contribution is 5.76. The summed E-state index contributed by atoms with van der Waals surface area (Å²) in [6, 6.07) is 0. The summed E-state index contributed by atoms with van der Waals surface area (Å²) >= 11 is 0. The van der Waals surface area contributed by atoms with Gasteiger partial charge in [-0.15, -0.1) is 0 Å². The lowest BCUT2D eigenvalue weighted by Gasteiger charge is -2.15. The van der Waals surface area contributed by atoms with Crippen molar-refractivity contribution in [2.45, 2.75) is 39.3 Å². The Labute approximate surface area is 106 Å². The molecule has 0 spiro atoms. The van der Waals surface area contributed by atoms with Crippen LogP contribution in [0.4, 0.5) is 0 Å². The Morgan fingerprint density at radius 2 is 2.17 bits per heavy atom. The minimum atomic E-state index is -0.866. The second-order valence-electron chi connectivity index (χ2n) is 4.20. The normalized spacial score (nSPS) is 10.3. The number of aromatic nitrogens is 2. The molecule has 1 N–H and O–H groups in total. The molecule has 1 amide bonds. The van der Waals surface area contributed by atoms with Gasteiger partial charge in [0.05, 0.1) is 6.20 Å². The topological polar surface area (TPSA) is 75.4 Å². The highest BCUT2D eigenvalue weighted by Crippen LogP contribution is 2.05. The third-order valence-electron chi connectivity index (χ3n) is 2.64. The number of hydrogen-bond acceptors (Lipinski definition) is 3. The lowest BCUT2D eigenvalue weighted by Crippen LogP contribution is -2.25. The van der Waals surface area contributed by atoms with E-state index in [1.165, 1.54) is 0 Å². The third kappa shape index (κ3) is 4.57. The van der Waals surface area contributed by atoms with E-state index in [0.717, 1.165) is 12.1 Å². The fourth-order valence-corrected chi connectivity index (χ4v) is 1.60. The highest BCUT2D eigenvalue weighted by Gasteiger charge is 2.10. The molecule has 0 saturated carbocycles. The smallest absolute Gasteiger partial charge is 0.303 e. The van der Waals surface area contributed by atoms with Gasteiger partial charge < -0.3 is 10.0 Å². The first-order valence-corrected chi connectivity index (χ1v) is 6.00. The van der Waals surface area contributed by atoms with Gasteiger partial charge in [0, 0.05) is 44.7 Å². The van der Waals surface area contributed by atoms with Gasteiger partial charge in [-0.05, 0) is 13.3 Å². The first-order chi connectivity index (χ1) is 8.52. The number of carboxylic acids is 1. The van der Waals surface area contributed by atoms with Crippen LogP contribution in [0.1, 0.15) is 31.7 Å². The molecule has 1 aromatic rings. The van der Waals surface area contributed by atoms with E-state index >= 15 is 0 Å². The first-order valence-electron chi connectivity index (χ1n) is 6.00. The molecule has 1 rings (SSSR count). The van der Waals surface area contributed by atoms with Crippen molar-refractivity contribution in [1.82, 2.24) is 14.7 Å². The quantitative estimate of drug-likeness (QED) is 0.790. The van der Waals surface area contributed by atoms with Crippen LogP contribution in [-0.4, -0.2) is 38.7 Å². The predicted molar refractivity (Wildman–Crippen MR) is 65.9 cm³/mol. The summed E-state index contributed by atoms with van der Waals surface area (Å²) in [5, 5.41) is 12.6. The molecule has 1 heterocycles. The number of carbonyl (C=O) groups is 2. The third-order valence-corrected chi connectivity index (χ3v) is 2.64. The van der Waals surface area contributed by atoms with Crippen molar-refractivity contribution in [1.29, 1.82) is 0 Å². The van der Waals surface area contributed by atoms with Crippen molar-refractivity contribution in [3.8, 4) is 0 Å². The summed E-state index contributed by atoms with van der Waals surface area (Å²) in [6.45, 7) is 3.31. The van der Waals surface area contributed by atoms with Gasteiger partial charge in [-0.25, -0.2) is 0 Å². The summed E-state index contributed by atoms with van der Waals surface area (Å²) in [5.41, 5.74) is 0.978. The van der Waals surface area contributed by atoms with E-state index in [4.69, 9.17) is 5.11 Å². The van der Waals surface area contributed by atoms with Gasteiger partial charge in [0.25, 0.3) is 0 Å². The maximum absolute atomic E-state index is 11.7. The summed E-state index contributed by atoms with van der Waals surface area (Å²) in [4.78, 5) is 23.6. The second kappa shape index (κ2) is 6.78. The van der Waals surface area contributed by atoms with Crippen LogP contribution in [0.2, 0.25) is 0 Å². The summed E-state index contributed by atoms with van der Waals surface area (Å²) in [6.07, 6.45) is 4.33. The molecule has 6 heteroatoms. The van der Waals surface area contributed by atoms with Crippen LogP contribution in [-0.2, 0) is 22.7 Å². The van der Waals surface area contributed by atoms with Gasteiger partial charge >= 0.3 is 5.97 Å². The van der Waals surface area contributed by atoms with Gasteiger partial charge in [-0.3, -0.25) is 14.3 Å². The van der Waals surface area contributed by atoms with Crippen molar-refractivity contribution < 1.29 is 14.7 Å². The SMILES string of the molecule is CCn1cc(CN(C)C(=O)CCCC(=O)O)cn1. The van der Waals surface area contributed by atoms with E-state index in [-0.39, 0.29) is 18.7 Å². The summed E-state index contributed by atoms with van der Waals surface area (Å²) < 4.78 is 1.80. The standard InChI is InChI=1S/C12H19N3O3/c1-3-15-9-10(7-13-15)8-14(2)11(16)5-4-6-12(17)18/h7,9H,3-6,8H2,1-2H3,(H,17,18). The Bertz CT molecular complexity index is 414. The molecular weight excluding hydrogens is 234 g/mol. The number of hydrogen-bond donors (Lipinski definition) is 1. The lowest BCUT2D eigenvalue weighted by molar-refractivity contribution is -0.137. The number of carboxylic acid groups (broad SMARTS) is 1. The Morgan fingerprint density at radius 3 is 2.72 bits per heavy atom. The lowest BCUT2D eigenvalue weighted by atomic mass is 10.2. The first kappa shape index (κ1) is 14.2. The minimum absolute atomic E-state index is 0.0351. The van der Waals surface area contributed by atoms with Crippen molar-refractivity contribution in [2.24, 2.45) is 0 Å². The molecule has 0 aliphatic rings. The molecule has 0 atom stereocenters. The van der Waals surface area contributed by atoms with Crippen LogP contribution in [0.3, 0.4) is 0 Å².